The van der Waals surface area contributed by atoms with Gasteiger partial charge in [0.15, 0.2) is 5.82 Å². The number of halogens is 1. The SMILES string of the molecule is CCOC(=O)C(C)(C)c1nc2c(F)cccc2n1C(C)C. The van der Waals surface area contributed by atoms with Crippen molar-refractivity contribution in [1.82, 2.24) is 9.55 Å². The number of fused-ring (bicyclic) bond motifs is 1. The first-order valence-corrected chi connectivity index (χ1v) is 7.14. The van der Waals surface area contributed by atoms with Crippen LogP contribution in [0.1, 0.15) is 46.5 Å². The Balaban J connectivity index is 2.71. The van der Waals surface area contributed by atoms with Crippen LogP contribution in [-0.4, -0.2) is 22.1 Å². The summed E-state index contributed by atoms with van der Waals surface area (Å²) in [6.07, 6.45) is 0. The Morgan fingerprint density at radius 2 is 2.10 bits per heavy atom. The maximum atomic E-state index is 14.0. The molecule has 0 radical (unpaired) electrons. The third-order valence-electron chi connectivity index (χ3n) is 3.53. The predicted molar refractivity (Wildman–Crippen MR) is 79.7 cm³/mol. The molecule has 1 aromatic carbocycles. The molecular formula is C16H21FN2O2. The smallest absolute Gasteiger partial charge is 0.319 e. The molecule has 21 heavy (non-hydrogen) atoms. The number of benzene rings is 1. The molecule has 0 saturated carbocycles. The number of esters is 1. The molecule has 1 aromatic heterocycles. The fourth-order valence-corrected chi connectivity index (χ4v) is 2.45. The number of hydrogen-bond donors (Lipinski definition) is 0. The Morgan fingerprint density at radius 3 is 2.67 bits per heavy atom. The maximum Gasteiger partial charge on any atom is 0.319 e. The zero-order valence-electron chi connectivity index (χ0n) is 13.1. The lowest BCUT2D eigenvalue weighted by Crippen LogP contribution is -2.34. The van der Waals surface area contributed by atoms with Crippen LogP contribution in [0.5, 0.6) is 0 Å². The summed E-state index contributed by atoms with van der Waals surface area (Å²) in [5, 5.41) is 0. The molecule has 0 aliphatic heterocycles. The van der Waals surface area contributed by atoms with E-state index in [0.717, 1.165) is 0 Å². The van der Waals surface area contributed by atoms with E-state index in [9.17, 15) is 9.18 Å². The standard InChI is InChI=1S/C16H21FN2O2/c1-6-21-15(20)16(4,5)14-18-13-11(17)8-7-9-12(13)19(14)10(2)3/h7-10H,6H2,1-5H3. The molecule has 2 aromatic rings. The summed E-state index contributed by atoms with van der Waals surface area (Å²) in [6.45, 7) is 9.54. The average molecular weight is 292 g/mol. The monoisotopic (exact) mass is 292 g/mol. The highest BCUT2D eigenvalue weighted by Crippen LogP contribution is 2.31. The predicted octanol–water partition coefficient (Wildman–Crippen LogP) is 3.60. The molecule has 114 valence electrons. The van der Waals surface area contributed by atoms with E-state index in [2.05, 4.69) is 4.98 Å². The molecule has 0 saturated heterocycles. The first kappa shape index (κ1) is 15.5. The van der Waals surface area contributed by atoms with Gasteiger partial charge >= 0.3 is 5.97 Å². The topological polar surface area (TPSA) is 44.1 Å². The molecule has 2 rings (SSSR count). The number of hydrogen-bond acceptors (Lipinski definition) is 3. The summed E-state index contributed by atoms with van der Waals surface area (Å²) in [6, 6.07) is 4.90. The van der Waals surface area contributed by atoms with Crippen molar-refractivity contribution in [3.05, 3.63) is 29.8 Å². The van der Waals surface area contributed by atoms with Crippen LogP contribution in [0.25, 0.3) is 11.0 Å². The van der Waals surface area contributed by atoms with E-state index in [1.165, 1.54) is 6.07 Å². The summed E-state index contributed by atoms with van der Waals surface area (Å²) >= 11 is 0. The van der Waals surface area contributed by atoms with E-state index in [1.54, 1.807) is 26.8 Å². The highest BCUT2D eigenvalue weighted by atomic mass is 19.1. The fraction of sp³-hybridized carbons (Fsp3) is 0.500. The second kappa shape index (κ2) is 5.47. The van der Waals surface area contributed by atoms with Gasteiger partial charge in [0, 0.05) is 6.04 Å². The Kier molecular flexibility index (Phi) is 4.03. The normalized spacial score (nSPS) is 12.1. The largest absolute Gasteiger partial charge is 0.465 e. The minimum Gasteiger partial charge on any atom is -0.465 e. The molecule has 0 spiro atoms. The van der Waals surface area contributed by atoms with Crippen molar-refractivity contribution in [2.75, 3.05) is 6.61 Å². The Bertz CT molecular complexity index is 674. The molecule has 0 bridgehead atoms. The summed E-state index contributed by atoms with van der Waals surface area (Å²) < 4.78 is 21.0. The number of carbonyl (C=O) groups excluding carboxylic acids is 1. The summed E-state index contributed by atoms with van der Waals surface area (Å²) in [5.41, 5.74) is 0.0436. The van der Waals surface area contributed by atoms with Crippen LogP contribution in [-0.2, 0) is 14.9 Å². The van der Waals surface area contributed by atoms with Crippen molar-refractivity contribution in [1.29, 1.82) is 0 Å². The van der Waals surface area contributed by atoms with Gasteiger partial charge in [-0.05, 0) is 46.8 Å². The van der Waals surface area contributed by atoms with E-state index in [0.29, 0.717) is 23.5 Å². The van der Waals surface area contributed by atoms with Gasteiger partial charge in [0.05, 0.1) is 12.1 Å². The van der Waals surface area contributed by atoms with Gasteiger partial charge in [-0.1, -0.05) is 6.07 Å². The highest BCUT2D eigenvalue weighted by Gasteiger charge is 2.37. The van der Waals surface area contributed by atoms with Crippen LogP contribution in [0.3, 0.4) is 0 Å². The third kappa shape index (κ3) is 2.52. The van der Waals surface area contributed by atoms with E-state index in [1.807, 2.05) is 24.5 Å². The van der Waals surface area contributed by atoms with Gasteiger partial charge in [0.25, 0.3) is 0 Å². The summed E-state index contributed by atoms with van der Waals surface area (Å²) in [7, 11) is 0. The molecule has 4 nitrogen and oxygen atoms in total. The second-order valence-electron chi connectivity index (χ2n) is 5.85. The number of aromatic nitrogens is 2. The van der Waals surface area contributed by atoms with E-state index >= 15 is 0 Å². The number of nitrogens with zero attached hydrogens (tertiary/aromatic N) is 2. The van der Waals surface area contributed by atoms with E-state index in [4.69, 9.17) is 4.74 Å². The first-order chi connectivity index (χ1) is 9.80. The van der Waals surface area contributed by atoms with Gasteiger partial charge < -0.3 is 9.30 Å². The molecule has 0 amide bonds. The minimum absolute atomic E-state index is 0.0560. The van der Waals surface area contributed by atoms with Crippen molar-refractivity contribution >= 4 is 17.0 Å². The van der Waals surface area contributed by atoms with Gasteiger partial charge in [-0.2, -0.15) is 0 Å². The molecule has 0 aliphatic carbocycles. The summed E-state index contributed by atoms with van der Waals surface area (Å²) in [4.78, 5) is 16.6. The summed E-state index contributed by atoms with van der Waals surface area (Å²) in [5.74, 6) is -0.216. The quantitative estimate of drug-likeness (QED) is 0.809. The van der Waals surface area contributed by atoms with Crippen LogP contribution in [0.2, 0.25) is 0 Å². The molecule has 0 N–H and O–H groups in total. The first-order valence-electron chi connectivity index (χ1n) is 7.14. The van der Waals surface area contributed by atoms with Crippen LogP contribution < -0.4 is 0 Å². The van der Waals surface area contributed by atoms with Gasteiger partial charge in [0.1, 0.15) is 16.8 Å². The third-order valence-corrected chi connectivity index (χ3v) is 3.53. The van der Waals surface area contributed by atoms with E-state index in [-0.39, 0.29) is 17.8 Å². The molecule has 0 fully saturated rings. The average Bonchev–Trinajstić information content (AvgIpc) is 2.80. The van der Waals surface area contributed by atoms with E-state index < -0.39 is 5.41 Å². The van der Waals surface area contributed by atoms with Crippen molar-refractivity contribution in [2.45, 2.75) is 46.1 Å². The second-order valence-corrected chi connectivity index (χ2v) is 5.85. The number of carbonyl (C=O) groups is 1. The van der Waals surface area contributed by atoms with Gasteiger partial charge in [-0.15, -0.1) is 0 Å². The zero-order valence-corrected chi connectivity index (χ0v) is 13.1. The Morgan fingerprint density at radius 1 is 1.43 bits per heavy atom. The Hall–Kier alpha value is -1.91. The fourth-order valence-electron chi connectivity index (χ4n) is 2.45. The van der Waals surface area contributed by atoms with Crippen molar-refractivity contribution < 1.29 is 13.9 Å². The number of imidazole rings is 1. The maximum absolute atomic E-state index is 14.0. The highest BCUT2D eigenvalue weighted by molar-refractivity contribution is 5.84. The van der Waals surface area contributed by atoms with Crippen LogP contribution in [0.4, 0.5) is 4.39 Å². The molecule has 0 aliphatic rings. The lowest BCUT2D eigenvalue weighted by molar-refractivity contribution is -0.149. The van der Waals surface area contributed by atoms with Crippen molar-refractivity contribution in [3.8, 4) is 0 Å². The lowest BCUT2D eigenvalue weighted by atomic mass is 9.92. The molecule has 0 atom stereocenters. The van der Waals surface area contributed by atoms with Crippen molar-refractivity contribution in [2.24, 2.45) is 0 Å². The molecule has 5 heteroatoms. The molecule has 1 heterocycles. The van der Waals surface area contributed by atoms with Gasteiger partial charge in [0.2, 0.25) is 0 Å². The Labute approximate surface area is 123 Å². The number of rotatable bonds is 4. The number of ether oxygens (including phenoxy) is 1. The lowest BCUT2D eigenvalue weighted by Gasteiger charge is -2.24. The van der Waals surface area contributed by atoms with Gasteiger partial charge in [-0.3, -0.25) is 4.79 Å². The molecular weight excluding hydrogens is 271 g/mol. The van der Waals surface area contributed by atoms with Crippen molar-refractivity contribution in [3.63, 3.8) is 0 Å². The number of para-hydroxylation sites is 1. The minimum atomic E-state index is -0.939. The van der Waals surface area contributed by atoms with Crippen LogP contribution >= 0.6 is 0 Å². The van der Waals surface area contributed by atoms with Crippen LogP contribution in [0, 0.1) is 5.82 Å². The molecule has 0 unspecified atom stereocenters. The zero-order chi connectivity index (χ0) is 15.8. The van der Waals surface area contributed by atoms with Crippen LogP contribution in [0.15, 0.2) is 18.2 Å². The van der Waals surface area contributed by atoms with Gasteiger partial charge in [-0.25, -0.2) is 9.37 Å².